The fraction of sp³-hybridized carbons (Fsp3) is 0.174. The monoisotopic (exact) mass is 445 g/mol. The summed E-state index contributed by atoms with van der Waals surface area (Å²) in [6.45, 7) is 4.25. The lowest BCUT2D eigenvalue weighted by Crippen LogP contribution is -2.25. The van der Waals surface area contributed by atoms with E-state index in [0.29, 0.717) is 12.4 Å². The Morgan fingerprint density at radius 3 is 2.13 bits per heavy atom. The molecular weight excluding hydrogens is 418 g/mol. The lowest BCUT2D eigenvalue weighted by molar-refractivity contribution is -0.671. The molecule has 0 aliphatic rings. The molecule has 0 amide bonds. The standard InChI is InChI=1S/C16H17NO2.C7H8O3S.H2O/c1-3-19-16-12-14(6-7-15(16)18)5-4-13-8-10-17(2)11-9-13;1-6-2-4-7(5-3-6)11(8,9)10;/h4-12H,3H2,1-2H3;2-5H,1H3,(H,8,9,10);1H2. The molecule has 0 saturated heterocycles. The van der Waals surface area contributed by atoms with E-state index in [2.05, 4.69) is 0 Å². The van der Waals surface area contributed by atoms with Crippen molar-refractivity contribution in [2.24, 2.45) is 7.05 Å². The molecule has 0 unspecified atom stereocenters. The van der Waals surface area contributed by atoms with E-state index in [1.165, 1.54) is 12.1 Å². The van der Waals surface area contributed by atoms with Crippen LogP contribution >= 0.6 is 0 Å². The number of ether oxygens (including phenoxy) is 1. The SMILES string of the molecule is CCOc1cc(/C=C/c2cc[n+](C)cc2)ccc1O.Cc1ccc(S(=O)(=O)[O-])cc1.O. The number of benzene rings is 2. The Bertz CT molecular complexity index is 1090. The van der Waals surface area contributed by atoms with Crippen molar-refractivity contribution >= 4 is 22.3 Å². The molecule has 3 N–H and O–H groups in total. The number of phenolic OH excluding ortho intramolecular Hbond substituents is 1. The third-order valence-corrected chi connectivity index (χ3v) is 4.92. The largest absolute Gasteiger partial charge is 0.744 e. The Morgan fingerprint density at radius 1 is 1.00 bits per heavy atom. The highest BCUT2D eigenvalue weighted by Crippen LogP contribution is 2.27. The molecule has 0 bridgehead atoms. The summed E-state index contributed by atoms with van der Waals surface area (Å²) >= 11 is 0. The molecule has 8 heteroatoms. The van der Waals surface area contributed by atoms with Crippen LogP contribution in [-0.4, -0.2) is 30.2 Å². The van der Waals surface area contributed by atoms with E-state index in [1.807, 2.05) is 74.3 Å². The number of rotatable bonds is 5. The van der Waals surface area contributed by atoms with Crippen molar-refractivity contribution in [2.45, 2.75) is 18.7 Å². The van der Waals surface area contributed by atoms with Gasteiger partial charge >= 0.3 is 0 Å². The molecule has 0 saturated carbocycles. The van der Waals surface area contributed by atoms with Crippen LogP contribution in [-0.2, 0) is 17.2 Å². The third-order valence-electron chi connectivity index (χ3n) is 4.07. The van der Waals surface area contributed by atoms with Crippen LogP contribution in [0.25, 0.3) is 12.2 Å². The number of nitrogens with zero attached hydrogens (tertiary/aromatic N) is 1. The molecule has 0 spiro atoms. The lowest BCUT2D eigenvalue weighted by atomic mass is 10.1. The molecule has 3 rings (SSSR count). The minimum Gasteiger partial charge on any atom is -0.744 e. The van der Waals surface area contributed by atoms with Gasteiger partial charge in [0, 0.05) is 12.1 Å². The van der Waals surface area contributed by atoms with Gasteiger partial charge in [0.2, 0.25) is 0 Å². The Balaban J connectivity index is 0.000000344. The lowest BCUT2D eigenvalue weighted by Gasteiger charge is -2.06. The summed E-state index contributed by atoms with van der Waals surface area (Å²) in [6.07, 6.45) is 8.03. The van der Waals surface area contributed by atoms with E-state index < -0.39 is 10.1 Å². The number of aromatic nitrogens is 1. The molecule has 2 aromatic carbocycles. The van der Waals surface area contributed by atoms with Crippen molar-refractivity contribution in [2.75, 3.05) is 6.61 Å². The molecule has 0 aliphatic heterocycles. The van der Waals surface area contributed by atoms with E-state index in [9.17, 15) is 18.1 Å². The first-order valence-corrected chi connectivity index (χ1v) is 10.7. The van der Waals surface area contributed by atoms with Gasteiger partial charge in [-0.1, -0.05) is 35.9 Å². The zero-order chi connectivity index (χ0) is 22.1. The summed E-state index contributed by atoms with van der Waals surface area (Å²) in [5, 5.41) is 9.63. The fourth-order valence-corrected chi connectivity index (χ4v) is 2.90. The van der Waals surface area contributed by atoms with Crippen molar-refractivity contribution in [3.05, 3.63) is 83.7 Å². The second-order valence-electron chi connectivity index (χ2n) is 6.56. The van der Waals surface area contributed by atoms with Gasteiger partial charge in [-0.15, -0.1) is 0 Å². The predicted molar refractivity (Wildman–Crippen MR) is 119 cm³/mol. The molecular formula is C23H27NO6S. The van der Waals surface area contributed by atoms with Crippen LogP contribution in [0, 0.1) is 6.92 Å². The van der Waals surface area contributed by atoms with Crippen molar-refractivity contribution in [1.82, 2.24) is 0 Å². The minimum absolute atomic E-state index is 0. The number of aromatic hydroxyl groups is 1. The number of hydrogen-bond donors (Lipinski definition) is 1. The van der Waals surface area contributed by atoms with E-state index in [-0.39, 0.29) is 16.1 Å². The third kappa shape index (κ3) is 8.59. The highest BCUT2D eigenvalue weighted by Gasteiger charge is 2.01. The van der Waals surface area contributed by atoms with E-state index >= 15 is 0 Å². The van der Waals surface area contributed by atoms with Crippen molar-refractivity contribution in [3.63, 3.8) is 0 Å². The molecule has 0 radical (unpaired) electrons. The number of pyridine rings is 1. The average Bonchev–Trinajstić information content (AvgIpc) is 2.70. The maximum atomic E-state index is 10.4. The summed E-state index contributed by atoms with van der Waals surface area (Å²) in [5.74, 6) is 0.690. The topological polar surface area (TPSA) is 122 Å². The quantitative estimate of drug-likeness (QED) is 0.478. The number of phenols is 1. The Labute approximate surface area is 182 Å². The van der Waals surface area contributed by atoms with Gasteiger partial charge in [0.1, 0.15) is 17.2 Å². The van der Waals surface area contributed by atoms with Gasteiger partial charge in [-0.3, -0.25) is 0 Å². The van der Waals surface area contributed by atoms with Crippen LogP contribution in [0.4, 0.5) is 0 Å². The van der Waals surface area contributed by atoms with Gasteiger partial charge in [0.15, 0.2) is 23.9 Å². The molecule has 3 aromatic rings. The normalized spacial score (nSPS) is 10.7. The van der Waals surface area contributed by atoms with Crippen LogP contribution in [0.2, 0.25) is 0 Å². The Kier molecular flexibility index (Phi) is 9.88. The van der Waals surface area contributed by atoms with Gasteiger partial charge in [0.25, 0.3) is 0 Å². The number of hydrogen-bond acceptors (Lipinski definition) is 5. The van der Waals surface area contributed by atoms with E-state index in [0.717, 1.165) is 16.7 Å². The van der Waals surface area contributed by atoms with Crippen LogP contribution in [0.3, 0.4) is 0 Å². The first kappa shape index (κ1) is 25.8. The minimum atomic E-state index is -4.27. The van der Waals surface area contributed by atoms with Crippen LogP contribution < -0.4 is 9.30 Å². The molecule has 1 heterocycles. The highest BCUT2D eigenvalue weighted by molar-refractivity contribution is 7.85. The highest BCUT2D eigenvalue weighted by atomic mass is 32.2. The molecule has 31 heavy (non-hydrogen) atoms. The molecule has 0 atom stereocenters. The van der Waals surface area contributed by atoms with Gasteiger partial charge in [0.05, 0.1) is 11.5 Å². The average molecular weight is 446 g/mol. The van der Waals surface area contributed by atoms with E-state index in [4.69, 9.17) is 4.74 Å². The maximum Gasteiger partial charge on any atom is 0.169 e. The summed E-state index contributed by atoms with van der Waals surface area (Å²) in [4.78, 5) is -0.178. The summed E-state index contributed by atoms with van der Waals surface area (Å²) in [6, 6.07) is 15.2. The van der Waals surface area contributed by atoms with Crippen molar-refractivity contribution in [3.8, 4) is 11.5 Å². The summed E-state index contributed by atoms with van der Waals surface area (Å²) in [5.41, 5.74) is 3.05. The predicted octanol–water partition coefficient (Wildman–Crippen LogP) is 2.86. The van der Waals surface area contributed by atoms with Crippen LogP contribution in [0.1, 0.15) is 23.6 Å². The van der Waals surface area contributed by atoms with Crippen molar-refractivity contribution in [1.29, 1.82) is 0 Å². The Morgan fingerprint density at radius 2 is 1.58 bits per heavy atom. The smallest absolute Gasteiger partial charge is 0.169 e. The van der Waals surface area contributed by atoms with Crippen molar-refractivity contribution < 1.29 is 32.9 Å². The van der Waals surface area contributed by atoms with Crippen LogP contribution in [0.5, 0.6) is 11.5 Å². The second kappa shape index (κ2) is 11.8. The molecule has 1 aromatic heterocycles. The second-order valence-corrected chi connectivity index (χ2v) is 7.94. The summed E-state index contributed by atoms with van der Waals surface area (Å²) < 4.78 is 38.5. The maximum absolute atomic E-state index is 10.4. The van der Waals surface area contributed by atoms with Gasteiger partial charge in [-0.25, -0.2) is 13.0 Å². The van der Waals surface area contributed by atoms with Gasteiger partial charge in [-0.2, -0.15) is 0 Å². The molecule has 166 valence electrons. The summed E-state index contributed by atoms with van der Waals surface area (Å²) in [7, 11) is -2.28. The molecule has 0 aliphatic carbocycles. The fourth-order valence-electron chi connectivity index (χ4n) is 2.43. The van der Waals surface area contributed by atoms with Gasteiger partial charge in [-0.05, 0) is 49.2 Å². The molecule has 0 fully saturated rings. The first-order valence-electron chi connectivity index (χ1n) is 9.31. The van der Waals surface area contributed by atoms with Crippen LogP contribution in [0.15, 0.2) is 71.9 Å². The first-order chi connectivity index (χ1) is 14.2. The van der Waals surface area contributed by atoms with E-state index in [1.54, 1.807) is 18.2 Å². The zero-order valence-corrected chi connectivity index (χ0v) is 18.5. The molecule has 7 nitrogen and oxygen atoms in total. The van der Waals surface area contributed by atoms with Gasteiger partial charge < -0.3 is 19.9 Å². The zero-order valence-electron chi connectivity index (χ0n) is 17.6. The Hall–Kier alpha value is -3.20. The number of aryl methyl sites for hydroxylation is 2.